The van der Waals surface area contributed by atoms with Gasteiger partial charge in [0, 0.05) is 31.2 Å². The van der Waals surface area contributed by atoms with Crippen LogP contribution in [0.5, 0.6) is 0 Å². The smallest absolute Gasteiger partial charge is 0.232 e. The number of likely N-dealkylation sites (tertiary alicyclic amines) is 1. The van der Waals surface area contributed by atoms with E-state index in [4.69, 9.17) is 0 Å². The van der Waals surface area contributed by atoms with Gasteiger partial charge < -0.3 is 9.80 Å². The van der Waals surface area contributed by atoms with Crippen molar-refractivity contribution in [3.8, 4) is 0 Å². The fraction of sp³-hybridized carbons (Fsp3) is 0.529. The van der Waals surface area contributed by atoms with E-state index in [1.165, 1.54) is 0 Å². The van der Waals surface area contributed by atoms with Crippen LogP contribution in [0.1, 0.15) is 18.4 Å². The molecule has 0 saturated carbocycles. The zero-order valence-electron chi connectivity index (χ0n) is 13.3. The number of para-hydroxylation sites is 1. The van der Waals surface area contributed by atoms with Gasteiger partial charge in [0.1, 0.15) is 0 Å². The number of carbonyl (C=O) groups is 2. The minimum atomic E-state index is -3.04. The molecule has 3 heterocycles. The van der Waals surface area contributed by atoms with Crippen molar-refractivity contribution in [2.24, 2.45) is 5.92 Å². The summed E-state index contributed by atoms with van der Waals surface area (Å²) >= 11 is 0. The summed E-state index contributed by atoms with van der Waals surface area (Å²) in [5.74, 6) is -0.308. The van der Waals surface area contributed by atoms with Crippen LogP contribution in [0.3, 0.4) is 0 Å². The normalized spacial score (nSPS) is 28.4. The number of carbonyl (C=O) groups excluding carboxylic acids is 2. The predicted octanol–water partition coefficient (Wildman–Crippen LogP) is 0.611. The Morgan fingerprint density at radius 3 is 2.75 bits per heavy atom. The molecule has 7 heteroatoms. The van der Waals surface area contributed by atoms with Crippen molar-refractivity contribution in [1.82, 2.24) is 4.90 Å². The van der Waals surface area contributed by atoms with Crippen molar-refractivity contribution in [2.75, 3.05) is 29.5 Å². The minimum absolute atomic E-state index is 0.0170. The monoisotopic (exact) mass is 348 g/mol. The lowest BCUT2D eigenvalue weighted by atomic mass is 10.1. The summed E-state index contributed by atoms with van der Waals surface area (Å²) < 4.78 is 23.3. The second-order valence-corrected chi connectivity index (χ2v) is 9.10. The van der Waals surface area contributed by atoms with Crippen LogP contribution in [0, 0.1) is 5.92 Å². The molecule has 4 rings (SSSR count). The number of hydrogen-bond acceptors (Lipinski definition) is 4. The molecule has 0 radical (unpaired) electrons. The van der Waals surface area contributed by atoms with E-state index in [0.29, 0.717) is 19.5 Å². The van der Waals surface area contributed by atoms with Gasteiger partial charge in [-0.25, -0.2) is 8.42 Å². The molecule has 2 saturated heterocycles. The van der Waals surface area contributed by atoms with Crippen molar-refractivity contribution < 1.29 is 18.0 Å². The third-order valence-corrected chi connectivity index (χ3v) is 7.06. The first-order valence-corrected chi connectivity index (χ1v) is 10.2. The molecule has 2 atom stereocenters. The average Bonchev–Trinajstić information content (AvgIpc) is 3.23. The van der Waals surface area contributed by atoms with E-state index in [0.717, 1.165) is 17.7 Å². The van der Waals surface area contributed by atoms with E-state index in [9.17, 15) is 18.0 Å². The van der Waals surface area contributed by atoms with Gasteiger partial charge in [0.25, 0.3) is 0 Å². The minimum Gasteiger partial charge on any atom is -0.338 e. The van der Waals surface area contributed by atoms with E-state index < -0.39 is 9.84 Å². The molecule has 0 aliphatic carbocycles. The highest BCUT2D eigenvalue weighted by atomic mass is 32.2. The van der Waals surface area contributed by atoms with Crippen molar-refractivity contribution >= 4 is 27.3 Å². The largest absolute Gasteiger partial charge is 0.338 e. The van der Waals surface area contributed by atoms with Gasteiger partial charge in [-0.15, -0.1) is 0 Å². The predicted molar refractivity (Wildman–Crippen MR) is 89.4 cm³/mol. The molecule has 1 aromatic rings. The summed E-state index contributed by atoms with van der Waals surface area (Å²) in [6, 6.07) is 7.59. The summed E-state index contributed by atoms with van der Waals surface area (Å²) in [6.45, 7) is 0.997. The average molecular weight is 348 g/mol. The standard InChI is InChI=1S/C17H20N2O4S/c20-16-9-13(10-19(16)14-6-8-24(22,23)11-14)17(21)18-7-5-12-3-1-2-4-15(12)18/h1-4,13-14H,5-11H2/t13-,14-/m0/s1. The van der Waals surface area contributed by atoms with E-state index in [-0.39, 0.29) is 41.7 Å². The van der Waals surface area contributed by atoms with Crippen LogP contribution in [0.4, 0.5) is 5.69 Å². The summed E-state index contributed by atoms with van der Waals surface area (Å²) in [5.41, 5.74) is 2.10. The number of amides is 2. The van der Waals surface area contributed by atoms with Crippen LogP contribution < -0.4 is 4.90 Å². The Balaban J connectivity index is 1.49. The maximum atomic E-state index is 12.9. The van der Waals surface area contributed by atoms with Gasteiger partial charge in [0.15, 0.2) is 9.84 Å². The molecule has 24 heavy (non-hydrogen) atoms. The van der Waals surface area contributed by atoms with Crippen molar-refractivity contribution in [3.63, 3.8) is 0 Å². The molecule has 0 bridgehead atoms. The molecule has 6 nitrogen and oxygen atoms in total. The SMILES string of the molecule is O=C([C@H]1CC(=O)N([C@H]2CCS(=O)(=O)C2)C1)N1CCc2ccccc21. The number of anilines is 1. The van der Waals surface area contributed by atoms with Crippen molar-refractivity contribution in [1.29, 1.82) is 0 Å². The lowest BCUT2D eigenvalue weighted by Gasteiger charge is -2.24. The first kappa shape index (κ1) is 15.6. The topological polar surface area (TPSA) is 74.8 Å². The van der Waals surface area contributed by atoms with Crippen LogP contribution in [0.15, 0.2) is 24.3 Å². The molecule has 0 N–H and O–H groups in total. The number of nitrogens with zero attached hydrogens (tertiary/aromatic N) is 2. The van der Waals surface area contributed by atoms with Gasteiger partial charge >= 0.3 is 0 Å². The highest BCUT2D eigenvalue weighted by molar-refractivity contribution is 7.91. The molecule has 3 aliphatic heterocycles. The van der Waals surface area contributed by atoms with Gasteiger partial charge in [0.2, 0.25) is 11.8 Å². The fourth-order valence-electron chi connectivity index (χ4n) is 4.06. The van der Waals surface area contributed by atoms with Crippen LogP contribution in [0.2, 0.25) is 0 Å². The van der Waals surface area contributed by atoms with Crippen LogP contribution in [0.25, 0.3) is 0 Å². The highest BCUT2D eigenvalue weighted by Gasteiger charge is 2.43. The van der Waals surface area contributed by atoms with E-state index in [1.54, 1.807) is 9.80 Å². The van der Waals surface area contributed by atoms with Gasteiger partial charge in [-0.3, -0.25) is 9.59 Å². The Morgan fingerprint density at radius 2 is 2.00 bits per heavy atom. The second-order valence-electron chi connectivity index (χ2n) is 6.87. The number of hydrogen-bond donors (Lipinski definition) is 0. The lowest BCUT2D eigenvalue weighted by molar-refractivity contribution is -0.129. The Labute approximate surface area is 141 Å². The Kier molecular flexibility index (Phi) is 3.63. The summed E-state index contributed by atoms with van der Waals surface area (Å²) in [5, 5.41) is 0. The highest BCUT2D eigenvalue weighted by Crippen LogP contribution is 2.32. The maximum Gasteiger partial charge on any atom is 0.232 e. The van der Waals surface area contributed by atoms with Gasteiger partial charge in [-0.1, -0.05) is 18.2 Å². The third kappa shape index (κ3) is 2.60. The van der Waals surface area contributed by atoms with E-state index in [2.05, 4.69) is 0 Å². The summed E-state index contributed by atoms with van der Waals surface area (Å²) in [4.78, 5) is 28.6. The molecule has 0 aromatic heterocycles. The zero-order valence-corrected chi connectivity index (χ0v) is 14.2. The lowest BCUT2D eigenvalue weighted by Crippen LogP contribution is -2.40. The maximum absolute atomic E-state index is 12.9. The molecular formula is C17H20N2O4S. The molecule has 1 aromatic carbocycles. The quantitative estimate of drug-likeness (QED) is 0.785. The third-order valence-electron chi connectivity index (χ3n) is 5.31. The molecule has 3 aliphatic rings. The molecule has 0 unspecified atom stereocenters. The molecule has 2 amide bonds. The number of rotatable bonds is 2. The number of benzene rings is 1. The van der Waals surface area contributed by atoms with E-state index in [1.807, 2.05) is 24.3 Å². The molecule has 2 fully saturated rings. The summed E-state index contributed by atoms with van der Waals surface area (Å²) in [6.07, 6.45) is 1.52. The molecular weight excluding hydrogens is 328 g/mol. The first-order chi connectivity index (χ1) is 11.4. The fourth-order valence-corrected chi connectivity index (χ4v) is 5.79. The Hall–Kier alpha value is -1.89. The first-order valence-electron chi connectivity index (χ1n) is 8.34. The number of fused-ring (bicyclic) bond motifs is 1. The Bertz CT molecular complexity index is 805. The van der Waals surface area contributed by atoms with Crippen molar-refractivity contribution in [3.05, 3.63) is 29.8 Å². The molecule has 128 valence electrons. The summed E-state index contributed by atoms with van der Waals surface area (Å²) in [7, 11) is -3.04. The Morgan fingerprint density at radius 1 is 1.21 bits per heavy atom. The molecule has 0 spiro atoms. The van der Waals surface area contributed by atoms with Crippen LogP contribution in [-0.2, 0) is 25.8 Å². The van der Waals surface area contributed by atoms with Gasteiger partial charge in [-0.05, 0) is 24.5 Å². The van der Waals surface area contributed by atoms with Gasteiger partial charge in [0.05, 0.1) is 17.4 Å². The van der Waals surface area contributed by atoms with Gasteiger partial charge in [-0.2, -0.15) is 0 Å². The van der Waals surface area contributed by atoms with E-state index >= 15 is 0 Å². The zero-order chi connectivity index (χ0) is 16.9. The van der Waals surface area contributed by atoms with Crippen LogP contribution in [-0.4, -0.2) is 55.8 Å². The second kappa shape index (κ2) is 5.58. The number of sulfone groups is 1. The van der Waals surface area contributed by atoms with Crippen molar-refractivity contribution in [2.45, 2.75) is 25.3 Å². The van der Waals surface area contributed by atoms with Crippen LogP contribution >= 0.6 is 0 Å².